The molecule has 2 aromatic heterocycles. The maximum Gasteiger partial charge on any atom is 0.348 e. The summed E-state index contributed by atoms with van der Waals surface area (Å²) in [4.78, 5) is 21.1. The van der Waals surface area contributed by atoms with Gasteiger partial charge in [-0.25, -0.2) is 4.79 Å². The van der Waals surface area contributed by atoms with Crippen LogP contribution < -0.4 is 5.69 Å². The number of nitrogens with zero attached hydrogens (tertiary/aromatic N) is 3. The van der Waals surface area contributed by atoms with Crippen molar-refractivity contribution in [1.82, 2.24) is 14.5 Å². The van der Waals surface area contributed by atoms with Gasteiger partial charge in [0, 0.05) is 23.2 Å². The van der Waals surface area contributed by atoms with Crippen LogP contribution in [0.2, 0.25) is 5.02 Å². The second-order valence-corrected chi connectivity index (χ2v) is 6.11. The van der Waals surface area contributed by atoms with Crippen molar-refractivity contribution in [2.75, 3.05) is 0 Å². The summed E-state index contributed by atoms with van der Waals surface area (Å²) in [5.41, 5.74) is 1.93. The predicted octanol–water partition coefficient (Wildman–Crippen LogP) is 3.52. The maximum atomic E-state index is 12.5. The fourth-order valence-corrected chi connectivity index (χ4v) is 2.86. The van der Waals surface area contributed by atoms with E-state index < -0.39 is 0 Å². The Balaban J connectivity index is 2.01. The van der Waals surface area contributed by atoms with Crippen LogP contribution >= 0.6 is 11.6 Å². The smallest absolute Gasteiger partial charge is 0.292 e. The molecular formula is C17H14ClN3O. The van der Waals surface area contributed by atoms with E-state index in [4.69, 9.17) is 11.6 Å². The van der Waals surface area contributed by atoms with Crippen LogP contribution in [-0.2, 0) is 6.54 Å². The number of hydrogen-bond acceptors (Lipinski definition) is 3. The van der Waals surface area contributed by atoms with Gasteiger partial charge in [-0.05, 0) is 49.1 Å². The summed E-state index contributed by atoms with van der Waals surface area (Å²) in [7, 11) is 0. The van der Waals surface area contributed by atoms with E-state index in [9.17, 15) is 4.79 Å². The van der Waals surface area contributed by atoms with Crippen LogP contribution in [0.25, 0.3) is 22.3 Å². The number of pyridine rings is 1. The van der Waals surface area contributed by atoms with Crippen molar-refractivity contribution in [1.29, 1.82) is 0 Å². The average molecular weight is 312 g/mol. The lowest BCUT2D eigenvalue weighted by Crippen LogP contribution is -2.25. The van der Waals surface area contributed by atoms with Gasteiger partial charge in [0.1, 0.15) is 5.69 Å². The third-order valence-corrected chi connectivity index (χ3v) is 4.22. The first kappa shape index (κ1) is 13.5. The van der Waals surface area contributed by atoms with Crippen molar-refractivity contribution in [3.05, 3.63) is 58.1 Å². The summed E-state index contributed by atoms with van der Waals surface area (Å²) < 4.78 is 1.76. The van der Waals surface area contributed by atoms with Crippen LogP contribution in [-0.4, -0.2) is 14.5 Å². The molecule has 0 unspecified atom stereocenters. The number of fused-ring (bicyclic) bond motifs is 1. The van der Waals surface area contributed by atoms with Crippen LogP contribution in [0.5, 0.6) is 0 Å². The molecule has 0 amide bonds. The summed E-state index contributed by atoms with van der Waals surface area (Å²) in [6, 6.07) is 11.2. The Morgan fingerprint density at radius 3 is 2.82 bits per heavy atom. The lowest BCUT2D eigenvalue weighted by Gasteiger charge is -2.12. The molecule has 110 valence electrons. The fraction of sp³-hybridized carbons (Fsp3) is 0.235. The van der Waals surface area contributed by atoms with Gasteiger partial charge in [-0.2, -0.15) is 4.98 Å². The van der Waals surface area contributed by atoms with E-state index in [2.05, 4.69) is 9.97 Å². The normalized spacial score (nSPS) is 14.4. The van der Waals surface area contributed by atoms with Gasteiger partial charge in [0.15, 0.2) is 0 Å². The van der Waals surface area contributed by atoms with Gasteiger partial charge in [0.2, 0.25) is 0 Å². The first-order chi connectivity index (χ1) is 10.7. The van der Waals surface area contributed by atoms with Crippen LogP contribution in [0.15, 0.2) is 47.4 Å². The van der Waals surface area contributed by atoms with E-state index in [0.29, 0.717) is 22.3 Å². The second kappa shape index (κ2) is 5.21. The van der Waals surface area contributed by atoms with Crippen molar-refractivity contribution in [3.63, 3.8) is 0 Å². The molecule has 0 saturated heterocycles. The molecule has 4 rings (SSSR count). The van der Waals surface area contributed by atoms with E-state index >= 15 is 0 Å². The summed E-state index contributed by atoms with van der Waals surface area (Å²) in [5, 5.41) is 1.49. The number of benzene rings is 1. The number of aromatic nitrogens is 3. The van der Waals surface area contributed by atoms with Gasteiger partial charge in [0.25, 0.3) is 0 Å². The summed E-state index contributed by atoms with van der Waals surface area (Å²) in [6.45, 7) is 0.729. The Bertz CT molecular complexity index is 901. The zero-order valence-electron chi connectivity index (χ0n) is 11.9. The van der Waals surface area contributed by atoms with E-state index in [0.717, 1.165) is 17.4 Å². The first-order valence-electron chi connectivity index (χ1n) is 7.34. The lowest BCUT2D eigenvalue weighted by atomic mass is 10.1. The molecule has 4 nitrogen and oxygen atoms in total. The largest absolute Gasteiger partial charge is 0.348 e. The van der Waals surface area contributed by atoms with Crippen LogP contribution in [0.3, 0.4) is 0 Å². The summed E-state index contributed by atoms with van der Waals surface area (Å²) in [5.74, 6) is 0.596. The molecule has 1 aliphatic carbocycles. The number of rotatable bonds is 3. The Morgan fingerprint density at radius 2 is 2.09 bits per heavy atom. The van der Waals surface area contributed by atoms with Crippen LogP contribution in [0, 0.1) is 5.92 Å². The van der Waals surface area contributed by atoms with E-state index in [1.54, 1.807) is 10.8 Å². The molecule has 0 radical (unpaired) electrons. The minimum Gasteiger partial charge on any atom is -0.292 e. The predicted molar refractivity (Wildman–Crippen MR) is 87.0 cm³/mol. The summed E-state index contributed by atoms with van der Waals surface area (Å²) >= 11 is 6.15. The highest BCUT2D eigenvalue weighted by Crippen LogP contribution is 2.32. The molecule has 0 atom stereocenters. The molecule has 1 aliphatic rings. The minimum atomic E-state index is -0.220. The second-order valence-electron chi connectivity index (χ2n) is 5.67. The third-order valence-electron chi connectivity index (χ3n) is 3.99. The van der Waals surface area contributed by atoms with Gasteiger partial charge in [-0.1, -0.05) is 17.7 Å². The highest BCUT2D eigenvalue weighted by molar-refractivity contribution is 6.31. The standard InChI is InChI=1S/C17H14ClN3O/c18-12-6-7-15-13(9-12)16(14-3-1-2-8-19-14)20-17(22)21(15)10-11-4-5-11/h1-3,6-9,11H,4-5,10H2. The molecule has 22 heavy (non-hydrogen) atoms. The molecule has 1 fully saturated rings. The maximum absolute atomic E-state index is 12.5. The quantitative estimate of drug-likeness (QED) is 0.743. The molecule has 1 saturated carbocycles. The van der Waals surface area contributed by atoms with Crippen molar-refractivity contribution >= 4 is 22.5 Å². The SMILES string of the molecule is O=c1nc(-c2ccccn2)c2cc(Cl)ccc2n1CC1CC1. The molecule has 0 bridgehead atoms. The summed E-state index contributed by atoms with van der Waals surface area (Å²) in [6.07, 6.45) is 4.07. The molecule has 0 spiro atoms. The number of halogens is 1. The van der Waals surface area contributed by atoms with E-state index in [1.807, 2.05) is 36.4 Å². The van der Waals surface area contributed by atoms with Gasteiger partial charge in [-0.3, -0.25) is 9.55 Å². The highest BCUT2D eigenvalue weighted by atomic mass is 35.5. The van der Waals surface area contributed by atoms with Crippen molar-refractivity contribution < 1.29 is 0 Å². The Kier molecular flexibility index (Phi) is 3.19. The van der Waals surface area contributed by atoms with Gasteiger partial charge in [-0.15, -0.1) is 0 Å². The van der Waals surface area contributed by atoms with Crippen molar-refractivity contribution in [2.24, 2.45) is 5.92 Å². The van der Waals surface area contributed by atoms with Gasteiger partial charge >= 0.3 is 5.69 Å². The number of hydrogen-bond donors (Lipinski definition) is 0. The Morgan fingerprint density at radius 1 is 1.23 bits per heavy atom. The zero-order chi connectivity index (χ0) is 15.1. The molecular weight excluding hydrogens is 298 g/mol. The van der Waals surface area contributed by atoms with Crippen LogP contribution in [0.4, 0.5) is 0 Å². The first-order valence-corrected chi connectivity index (χ1v) is 7.71. The Labute approximate surface area is 132 Å². The van der Waals surface area contributed by atoms with Crippen molar-refractivity contribution in [2.45, 2.75) is 19.4 Å². The Hall–Kier alpha value is -2.20. The average Bonchev–Trinajstić information content (AvgIpc) is 3.35. The van der Waals surface area contributed by atoms with Gasteiger partial charge in [0.05, 0.1) is 11.2 Å². The molecule has 0 aliphatic heterocycles. The molecule has 1 aromatic carbocycles. The molecule has 0 N–H and O–H groups in total. The minimum absolute atomic E-state index is 0.220. The molecule has 3 aromatic rings. The topological polar surface area (TPSA) is 47.8 Å². The van der Waals surface area contributed by atoms with E-state index in [-0.39, 0.29) is 5.69 Å². The van der Waals surface area contributed by atoms with Gasteiger partial charge < -0.3 is 0 Å². The lowest BCUT2D eigenvalue weighted by molar-refractivity contribution is 0.614. The third kappa shape index (κ3) is 2.40. The highest BCUT2D eigenvalue weighted by Gasteiger charge is 2.24. The monoisotopic (exact) mass is 311 g/mol. The zero-order valence-corrected chi connectivity index (χ0v) is 12.6. The van der Waals surface area contributed by atoms with Crippen LogP contribution in [0.1, 0.15) is 12.8 Å². The molecule has 2 heterocycles. The van der Waals surface area contributed by atoms with E-state index in [1.165, 1.54) is 12.8 Å². The molecule has 5 heteroatoms. The fourth-order valence-electron chi connectivity index (χ4n) is 2.69. The van der Waals surface area contributed by atoms with Crippen molar-refractivity contribution in [3.8, 4) is 11.4 Å².